The van der Waals surface area contributed by atoms with E-state index in [4.69, 9.17) is 15.5 Å². The Morgan fingerprint density at radius 2 is 1.87 bits per heavy atom. The predicted molar refractivity (Wildman–Crippen MR) is 116 cm³/mol. The Kier molecular flexibility index (Phi) is 4.88. The molecule has 1 aromatic carbocycles. The van der Waals surface area contributed by atoms with Crippen molar-refractivity contribution in [2.75, 3.05) is 5.73 Å². The van der Waals surface area contributed by atoms with Gasteiger partial charge in [0.1, 0.15) is 11.9 Å². The zero-order chi connectivity index (χ0) is 21.4. The molecule has 3 aromatic rings. The number of nitrogens with two attached hydrogens (primary N) is 1. The number of aromatic nitrogens is 6. The van der Waals surface area contributed by atoms with E-state index in [1.165, 1.54) is 37.6 Å². The SMILES string of the molecule is CC1(C)Oc2ncnc(N)c2N=C1c1ccc(C2CCC(Cc3nn[nH]n3)CC2)cc1. The van der Waals surface area contributed by atoms with Gasteiger partial charge in [0, 0.05) is 12.0 Å². The van der Waals surface area contributed by atoms with Gasteiger partial charge in [-0.1, -0.05) is 29.5 Å². The molecule has 1 saturated carbocycles. The van der Waals surface area contributed by atoms with Crippen molar-refractivity contribution in [3.05, 3.63) is 47.5 Å². The third-order valence-corrected chi connectivity index (χ3v) is 6.33. The average molecular weight is 419 g/mol. The van der Waals surface area contributed by atoms with E-state index >= 15 is 0 Å². The highest BCUT2D eigenvalue weighted by Crippen LogP contribution is 2.40. The molecule has 9 nitrogen and oxygen atoms in total. The fourth-order valence-corrected chi connectivity index (χ4v) is 4.64. The van der Waals surface area contributed by atoms with Gasteiger partial charge in [0.05, 0.1) is 5.71 Å². The largest absolute Gasteiger partial charge is 0.463 e. The third kappa shape index (κ3) is 3.87. The Labute approximate surface area is 180 Å². The van der Waals surface area contributed by atoms with Gasteiger partial charge >= 0.3 is 0 Å². The van der Waals surface area contributed by atoms with Gasteiger partial charge in [-0.05, 0) is 56.9 Å². The van der Waals surface area contributed by atoms with Gasteiger partial charge in [-0.25, -0.2) is 9.98 Å². The molecule has 0 radical (unpaired) electrons. The van der Waals surface area contributed by atoms with Crippen molar-refractivity contribution in [1.82, 2.24) is 30.6 Å². The number of hydrogen-bond donors (Lipinski definition) is 2. The van der Waals surface area contributed by atoms with Crippen molar-refractivity contribution in [1.29, 1.82) is 0 Å². The van der Waals surface area contributed by atoms with Crippen molar-refractivity contribution in [3.63, 3.8) is 0 Å². The minimum Gasteiger partial charge on any atom is -0.463 e. The lowest BCUT2D eigenvalue weighted by molar-refractivity contribution is 0.171. The van der Waals surface area contributed by atoms with Crippen LogP contribution in [0.4, 0.5) is 11.5 Å². The summed E-state index contributed by atoms with van der Waals surface area (Å²) in [6.07, 6.45) is 7.04. The number of ether oxygens (including phenoxy) is 1. The number of nitrogen functional groups attached to an aromatic ring is 1. The normalized spacial score (nSPS) is 22.3. The monoisotopic (exact) mass is 418 g/mol. The first-order chi connectivity index (χ1) is 15.0. The fourth-order valence-electron chi connectivity index (χ4n) is 4.64. The molecule has 1 aliphatic carbocycles. The predicted octanol–water partition coefficient (Wildman–Crippen LogP) is 3.38. The van der Waals surface area contributed by atoms with Crippen LogP contribution in [0.5, 0.6) is 5.88 Å². The van der Waals surface area contributed by atoms with E-state index in [1.807, 2.05) is 13.8 Å². The summed E-state index contributed by atoms with van der Waals surface area (Å²) in [6.45, 7) is 3.98. The Bertz CT molecular complexity index is 1080. The number of rotatable bonds is 4. The number of H-pyrrole nitrogens is 1. The van der Waals surface area contributed by atoms with Gasteiger partial charge in [-0.15, -0.1) is 10.2 Å². The molecule has 5 rings (SSSR count). The summed E-state index contributed by atoms with van der Waals surface area (Å²) in [5.41, 5.74) is 9.11. The van der Waals surface area contributed by atoms with Crippen LogP contribution in [-0.2, 0) is 6.42 Å². The van der Waals surface area contributed by atoms with Crippen LogP contribution in [-0.4, -0.2) is 41.9 Å². The molecule has 2 aromatic heterocycles. The number of aliphatic imine (C=N–C) groups is 1. The first-order valence-electron chi connectivity index (χ1n) is 10.7. The molecule has 1 aliphatic heterocycles. The minimum atomic E-state index is -0.609. The molecule has 3 heterocycles. The van der Waals surface area contributed by atoms with E-state index in [0.29, 0.717) is 29.2 Å². The molecule has 2 aliphatic rings. The summed E-state index contributed by atoms with van der Waals surface area (Å²) in [5, 5.41) is 14.4. The number of hydrogen-bond acceptors (Lipinski definition) is 8. The van der Waals surface area contributed by atoms with Crippen molar-refractivity contribution >= 4 is 17.2 Å². The molecule has 0 amide bonds. The zero-order valence-corrected chi connectivity index (χ0v) is 17.7. The van der Waals surface area contributed by atoms with Gasteiger partial charge in [0.15, 0.2) is 17.3 Å². The molecule has 0 bridgehead atoms. The maximum atomic E-state index is 6.09. The van der Waals surface area contributed by atoms with E-state index in [1.54, 1.807) is 0 Å². The Balaban J connectivity index is 1.31. The summed E-state index contributed by atoms with van der Waals surface area (Å²) >= 11 is 0. The second-order valence-corrected chi connectivity index (χ2v) is 8.86. The lowest BCUT2D eigenvalue weighted by Gasteiger charge is -2.32. The standard InChI is InChI=1S/C22H26N8O/c1-22(2)19(26-18-20(23)24-12-25-21(18)31-22)16-9-7-15(8-10-16)14-5-3-13(4-6-14)11-17-27-29-30-28-17/h7-10,12-14H,3-6,11H2,1-2H3,(H2,23,24,25)(H,27,28,29,30). The van der Waals surface area contributed by atoms with E-state index in [2.05, 4.69) is 54.9 Å². The highest BCUT2D eigenvalue weighted by molar-refractivity contribution is 6.09. The van der Waals surface area contributed by atoms with Gasteiger partial charge < -0.3 is 10.5 Å². The molecule has 31 heavy (non-hydrogen) atoms. The summed E-state index contributed by atoms with van der Waals surface area (Å²) in [4.78, 5) is 13.0. The number of aromatic amines is 1. The number of fused-ring (bicyclic) bond motifs is 1. The van der Waals surface area contributed by atoms with Gasteiger partial charge in [0.2, 0.25) is 5.88 Å². The molecule has 9 heteroatoms. The Morgan fingerprint density at radius 3 is 2.58 bits per heavy atom. The molecule has 0 saturated heterocycles. The summed E-state index contributed by atoms with van der Waals surface area (Å²) in [5.74, 6) is 2.79. The van der Waals surface area contributed by atoms with Crippen LogP contribution in [0, 0.1) is 5.92 Å². The smallest absolute Gasteiger partial charge is 0.246 e. The fraction of sp³-hybridized carbons (Fsp3) is 0.455. The molecule has 160 valence electrons. The van der Waals surface area contributed by atoms with Crippen molar-refractivity contribution in [3.8, 4) is 5.88 Å². The number of nitrogens with zero attached hydrogens (tertiary/aromatic N) is 6. The lowest BCUT2D eigenvalue weighted by atomic mass is 9.77. The zero-order valence-electron chi connectivity index (χ0n) is 17.7. The maximum Gasteiger partial charge on any atom is 0.246 e. The van der Waals surface area contributed by atoms with Crippen molar-refractivity contribution in [2.45, 2.75) is 57.5 Å². The van der Waals surface area contributed by atoms with E-state index in [0.717, 1.165) is 23.5 Å². The first kappa shape index (κ1) is 19.6. The van der Waals surface area contributed by atoms with Crippen LogP contribution >= 0.6 is 0 Å². The summed E-state index contributed by atoms with van der Waals surface area (Å²) < 4.78 is 6.09. The lowest BCUT2D eigenvalue weighted by Crippen LogP contribution is -2.41. The molecule has 0 atom stereocenters. The maximum absolute atomic E-state index is 6.09. The van der Waals surface area contributed by atoms with Gasteiger partial charge in [-0.2, -0.15) is 10.2 Å². The Morgan fingerprint density at radius 1 is 1.10 bits per heavy atom. The summed E-state index contributed by atoms with van der Waals surface area (Å²) in [6, 6.07) is 8.71. The molecule has 0 unspecified atom stereocenters. The van der Waals surface area contributed by atoms with Crippen LogP contribution in [0.2, 0.25) is 0 Å². The van der Waals surface area contributed by atoms with Crippen LogP contribution in [0.25, 0.3) is 0 Å². The highest BCUT2D eigenvalue weighted by Gasteiger charge is 2.35. The molecular weight excluding hydrogens is 392 g/mol. The average Bonchev–Trinajstić information content (AvgIpc) is 3.27. The van der Waals surface area contributed by atoms with Crippen LogP contribution in [0.1, 0.15) is 62.4 Å². The molecule has 3 N–H and O–H groups in total. The van der Waals surface area contributed by atoms with E-state index in [-0.39, 0.29) is 0 Å². The molecule has 1 fully saturated rings. The number of anilines is 1. The quantitative estimate of drug-likeness (QED) is 0.664. The van der Waals surface area contributed by atoms with Gasteiger partial charge in [-0.3, -0.25) is 0 Å². The van der Waals surface area contributed by atoms with Crippen LogP contribution in [0.3, 0.4) is 0 Å². The van der Waals surface area contributed by atoms with Crippen LogP contribution in [0.15, 0.2) is 35.6 Å². The van der Waals surface area contributed by atoms with E-state index in [9.17, 15) is 0 Å². The van der Waals surface area contributed by atoms with Crippen LogP contribution < -0.4 is 10.5 Å². The Hall–Kier alpha value is -3.36. The van der Waals surface area contributed by atoms with Crippen molar-refractivity contribution in [2.24, 2.45) is 10.9 Å². The first-order valence-corrected chi connectivity index (χ1v) is 10.7. The number of tetrazole rings is 1. The van der Waals surface area contributed by atoms with E-state index < -0.39 is 5.60 Å². The minimum absolute atomic E-state index is 0.326. The number of benzene rings is 1. The number of nitrogens with one attached hydrogen (secondary N) is 1. The van der Waals surface area contributed by atoms with Crippen molar-refractivity contribution < 1.29 is 4.74 Å². The topological polar surface area (TPSA) is 128 Å². The third-order valence-electron chi connectivity index (χ3n) is 6.33. The van der Waals surface area contributed by atoms with Gasteiger partial charge in [0.25, 0.3) is 0 Å². The molecule has 0 spiro atoms. The summed E-state index contributed by atoms with van der Waals surface area (Å²) in [7, 11) is 0. The second kappa shape index (κ2) is 7.72. The second-order valence-electron chi connectivity index (χ2n) is 8.86. The highest BCUT2D eigenvalue weighted by atomic mass is 16.5. The molecular formula is C22H26N8O.